The predicted molar refractivity (Wildman–Crippen MR) is 58.2 cm³/mol. The Morgan fingerprint density at radius 1 is 1.14 bits per heavy atom. The molecule has 0 spiro atoms. The zero-order valence-electron chi connectivity index (χ0n) is 8.86. The first-order valence-corrected chi connectivity index (χ1v) is 5.44. The quantitative estimate of drug-likeness (QED) is 0.501. The topological polar surface area (TPSA) is 32.8 Å². The molecule has 1 N–H and O–H groups in total. The number of ether oxygens (including phenoxy) is 1. The smallest absolute Gasteiger partial charge is 0.0877 e. The highest BCUT2D eigenvalue weighted by Crippen LogP contribution is 2.28. The normalized spacial score (nSPS) is 26.4. The van der Waals surface area contributed by atoms with Crippen molar-refractivity contribution in [1.82, 2.24) is 0 Å². The van der Waals surface area contributed by atoms with Crippen LogP contribution in [0.1, 0.15) is 32.6 Å². The van der Waals surface area contributed by atoms with Crippen LogP contribution >= 0.6 is 0 Å². The average molecular weight is 196 g/mol. The maximum Gasteiger partial charge on any atom is 0.0877 e. The van der Waals surface area contributed by atoms with Gasteiger partial charge in [-0.25, -0.2) is 0 Å². The third-order valence-corrected chi connectivity index (χ3v) is 2.31. The summed E-state index contributed by atoms with van der Waals surface area (Å²) in [7, 11) is 0. The molecule has 2 nitrogen and oxygen atoms in total. The van der Waals surface area contributed by atoms with Gasteiger partial charge in [-0.1, -0.05) is 31.2 Å². The van der Waals surface area contributed by atoms with Gasteiger partial charge in [0, 0.05) is 6.61 Å². The number of hydrogen-bond acceptors (Lipinski definition) is 2. The Morgan fingerprint density at radius 2 is 1.93 bits per heavy atom. The van der Waals surface area contributed by atoms with Gasteiger partial charge >= 0.3 is 0 Å². The van der Waals surface area contributed by atoms with E-state index >= 15 is 0 Å². The summed E-state index contributed by atoms with van der Waals surface area (Å²) in [5.41, 5.74) is 0. The standard InChI is InChI=1S/C12H20O2/c1-2-3-4-5-6-7-8-11-12(14-11)9-10-13/h3-4,6-7,11-13H,2,5,8-10H2,1H3/b4-3+,7-6-/t11-,12+/m1/s1. The second-order valence-electron chi connectivity index (χ2n) is 3.55. The van der Waals surface area contributed by atoms with Crippen molar-refractivity contribution >= 4 is 0 Å². The lowest BCUT2D eigenvalue weighted by atomic mass is 10.2. The molecule has 80 valence electrons. The number of aliphatic hydroxyl groups is 1. The van der Waals surface area contributed by atoms with Crippen LogP contribution in [0.3, 0.4) is 0 Å². The number of allylic oxidation sites excluding steroid dienone is 3. The lowest BCUT2D eigenvalue weighted by molar-refractivity contribution is 0.262. The fraction of sp³-hybridized carbons (Fsp3) is 0.667. The van der Waals surface area contributed by atoms with Crippen LogP contribution < -0.4 is 0 Å². The molecule has 0 aromatic carbocycles. The summed E-state index contributed by atoms with van der Waals surface area (Å²) in [5, 5.41) is 8.66. The summed E-state index contributed by atoms with van der Waals surface area (Å²) >= 11 is 0. The van der Waals surface area contributed by atoms with Gasteiger partial charge in [0.25, 0.3) is 0 Å². The first-order chi connectivity index (χ1) is 6.88. The van der Waals surface area contributed by atoms with Gasteiger partial charge in [0.1, 0.15) is 0 Å². The molecule has 2 atom stereocenters. The molecule has 1 heterocycles. The van der Waals surface area contributed by atoms with Gasteiger partial charge in [0.05, 0.1) is 12.2 Å². The minimum atomic E-state index is 0.240. The molecular formula is C12H20O2. The third kappa shape index (κ3) is 4.58. The van der Waals surface area contributed by atoms with Crippen molar-refractivity contribution in [3.05, 3.63) is 24.3 Å². The Labute approximate surface area is 86.3 Å². The van der Waals surface area contributed by atoms with E-state index in [9.17, 15) is 0 Å². The maximum atomic E-state index is 8.66. The lowest BCUT2D eigenvalue weighted by Crippen LogP contribution is -1.95. The Hall–Kier alpha value is -0.600. The van der Waals surface area contributed by atoms with Crippen molar-refractivity contribution in [1.29, 1.82) is 0 Å². The van der Waals surface area contributed by atoms with Crippen LogP contribution in [0.2, 0.25) is 0 Å². The minimum Gasteiger partial charge on any atom is -0.396 e. The first-order valence-electron chi connectivity index (χ1n) is 5.44. The molecule has 1 aliphatic rings. The third-order valence-electron chi connectivity index (χ3n) is 2.31. The van der Waals surface area contributed by atoms with Crippen LogP contribution in [0.25, 0.3) is 0 Å². The van der Waals surface area contributed by atoms with Crippen molar-refractivity contribution in [2.24, 2.45) is 0 Å². The zero-order chi connectivity index (χ0) is 10.2. The summed E-state index contributed by atoms with van der Waals surface area (Å²) in [4.78, 5) is 0. The van der Waals surface area contributed by atoms with Gasteiger partial charge in [-0.3, -0.25) is 0 Å². The SMILES string of the molecule is CC/C=C/C/C=C\C[C@H]1O[C@H]1CCO. The van der Waals surface area contributed by atoms with Crippen molar-refractivity contribution < 1.29 is 9.84 Å². The number of hydrogen-bond donors (Lipinski definition) is 1. The molecule has 0 unspecified atom stereocenters. The van der Waals surface area contributed by atoms with Gasteiger partial charge in [-0.15, -0.1) is 0 Å². The molecule has 0 saturated carbocycles. The van der Waals surface area contributed by atoms with Crippen LogP contribution in [0.15, 0.2) is 24.3 Å². The summed E-state index contributed by atoms with van der Waals surface area (Å²) in [6.07, 6.45) is 13.3. The fourth-order valence-electron chi connectivity index (χ4n) is 1.44. The van der Waals surface area contributed by atoms with E-state index < -0.39 is 0 Å². The van der Waals surface area contributed by atoms with Gasteiger partial charge in [-0.05, 0) is 25.7 Å². The van der Waals surface area contributed by atoms with Gasteiger partial charge in [-0.2, -0.15) is 0 Å². The summed E-state index contributed by atoms with van der Waals surface area (Å²) in [6.45, 7) is 2.38. The minimum absolute atomic E-state index is 0.240. The van der Waals surface area contributed by atoms with Crippen LogP contribution in [0.5, 0.6) is 0 Å². The highest BCUT2D eigenvalue weighted by molar-refractivity contribution is 4.97. The van der Waals surface area contributed by atoms with Crippen molar-refractivity contribution in [3.63, 3.8) is 0 Å². The van der Waals surface area contributed by atoms with Crippen molar-refractivity contribution in [2.45, 2.75) is 44.8 Å². The highest BCUT2D eigenvalue weighted by Gasteiger charge is 2.36. The predicted octanol–water partition coefficient (Wildman–Crippen LogP) is 2.44. The Kier molecular flexibility index (Phi) is 5.57. The van der Waals surface area contributed by atoms with Crippen molar-refractivity contribution in [3.8, 4) is 0 Å². The lowest BCUT2D eigenvalue weighted by Gasteiger charge is -1.87. The Morgan fingerprint density at radius 3 is 2.64 bits per heavy atom. The number of rotatable bonds is 7. The van der Waals surface area contributed by atoms with E-state index in [1.807, 2.05) is 0 Å². The summed E-state index contributed by atoms with van der Waals surface area (Å²) in [6, 6.07) is 0. The van der Waals surface area contributed by atoms with E-state index in [0.29, 0.717) is 12.2 Å². The van der Waals surface area contributed by atoms with Gasteiger partial charge < -0.3 is 9.84 Å². The number of epoxide rings is 1. The van der Waals surface area contributed by atoms with Crippen LogP contribution in [-0.2, 0) is 4.74 Å². The molecule has 1 saturated heterocycles. The molecule has 0 aliphatic carbocycles. The maximum absolute atomic E-state index is 8.66. The van der Waals surface area contributed by atoms with E-state index in [4.69, 9.17) is 9.84 Å². The van der Waals surface area contributed by atoms with E-state index in [-0.39, 0.29) is 6.61 Å². The largest absolute Gasteiger partial charge is 0.396 e. The fourth-order valence-corrected chi connectivity index (χ4v) is 1.44. The molecule has 0 radical (unpaired) electrons. The number of aliphatic hydroxyl groups excluding tert-OH is 1. The summed E-state index contributed by atoms with van der Waals surface area (Å²) < 4.78 is 5.36. The molecule has 0 amide bonds. The summed E-state index contributed by atoms with van der Waals surface area (Å²) in [5.74, 6) is 0. The molecule has 1 fully saturated rings. The van der Waals surface area contributed by atoms with E-state index in [1.165, 1.54) is 0 Å². The second kappa shape index (κ2) is 6.80. The highest BCUT2D eigenvalue weighted by atomic mass is 16.6. The van der Waals surface area contributed by atoms with Crippen LogP contribution in [0, 0.1) is 0 Å². The van der Waals surface area contributed by atoms with Crippen molar-refractivity contribution in [2.75, 3.05) is 6.61 Å². The molecule has 14 heavy (non-hydrogen) atoms. The van der Waals surface area contributed by atoms with Crippen LogP contribution in [0.4, 0.5) is 0 Å². The second-order valence-corrected chi connectivity index (χ2v) is 3.55. The van der Waals surface area contributed by atoms with E-state index in [2.05, 4.69) is 31.2 Å². The monoisotopic (exact) mass is 196 g/mol. The Bertz CT molecular complexity index is 196. The molecule has 1 rings (SSSR count). The van der Waals surface area contributed by atoms with Gasteiger partial charge in [0.15, 0.2) is 0 Å². The molecule has 0 aromatic rings. The molecular weight excluding hydrogens is 176 g/mol. The zero-order valence-corrected chi connectivity index (χ0v) is 8.86. The van der Waals surface area contributed by atoms with Gasteiger partial charge in [0.2, 0.25) is 0 Å². The average Bonchev–Trinajstić information content (AvgIpc) is 2.91. The Balaban J connectivity index is 1.96. The molecule has 2 heteroatoms. The first kappa shape index (κ1) is 11.5. The van der Waals surface area contributed by atoms with E-state index in [0.717, 1.165) is 25.7 Å². The van der Waals surface area contributed by atoms with E-state index in [1.54, 1.807) is 0 Å². The molecule has 0 bridgehead atoms. The van der Waals surface area contributed by atoms with Crippen LogP contribution in [-0.4, -0.2) is 23.9 Å². The molecule has 1 aliphatic heterocycles. The molecule has 0 aromatic heterocycles.